The van der Waals surface area contributed by atoms with Crippen molar-refractivity contribution in [2.45, 2.75) is 12.8 Å². The summed E-state index contributed by atoms with van der Waals surface area (Å²) in [5.74, 6) is -0.426. The number of rotatable bonds is 6. The summed E-state index contributed by atoms with van der Waals surface area (Å²) >= 11 is 5.32. The van der Waals surface area contributed by atoms with Crippen molar-refractivity contribution in [1.29, 1.82) is 0 Å². The number of nitroso groups, excluding NO2 is 1. The molecule has 0 aromatic carbocycles. The fraction of sp³-hybridized carbons (Fsp3) is 0.714. The van der Waals surface area contributed by atoms with Crippen molar-refractivity contribution in [3.8, 4) is 0 Å². The number of alkyl halides is 1. The molecule has 15 heavy (non-hydrogen) atoms. The van der Waals surface area contributed by atoms with E-state index in [0.717, 1.165) is 0 Å². The van der Waals surface area contributed by atoms with Crippen LogP contribution in [0.5, 0.6) is 0 Å². The minimum atomic E-state index is -0.868. The fourth-order valence-electron chi connectivity index (χ4n) is 0.768. The lowest BCUT2D eigenvalue weighted by Gasteiger charge is -2.11. The highest BCUT2D eigenvalue weighted by Crippen LogP contribution is 1.93. The Balaban J connectivity index is 3.98. The zero-order chi connectivity index (χ0) is 11.7. The van der Waals surface area contributed by atoms with Gasteiger partial charge in [0, 0.05) is 12.3 Å². The summed E-state index contributed by atoms with van der Waals surface area (Å²) in [7, 11) is 0. The first-order valence-corrected chi connectivity index (χ1v) is 4.89. The van der Waals surface area contributed by atoms with Gasteiger partial charge in [-0.1, -0.05) is 0 Å². The summed E-state index contributed by atoms with van der Waals surface area (Å²) in [6.07, 6.45) is 0.610. The van der Waals surface area contributed by atoms with E-state index in [-0.39, 0.29) is 18.8 Å². The van der Waals surface area contributed by atoms with E-state index in [0.29, 0.717) is 18.0 Å². The Bertz CT molecular complexity index is 236. The molecule has 0 spiro atoms. The second-order valence-electron chi connectivity index (χ2n) is 2.64. The first-order chi connectivity index (χ1) is 7.15. The minimum absolute atomic E-state index is 0.0406. The second-order valence-corrected chi connectivity index (χ2v) is 3.02. The summed E-state index contributed by atoms with van der Waals surface area (Å²) in [6.45, 7) is 0.319. The number of imide groups is 1. The standard InChI is InChI=1S/C7H13ClN4O3/c8-3-5-12(11-15)7(14)10-6(13)2-1-4-9/h1-5,9H2,(H,10,13,14). The van der Waals surface area contributed by atoms with Gasteiger partial charge >= 0.3 is 6.03 Å². The van der Waals surface area contributed by atoms with E-state index in [1.54, 1.807) is 0 Å². The molecule has 0 radical (unpaired) electrons. The van der Waals surface area contributed by atoms with Gasteiger partial charge in [-0.05, 0) is 13.0 Å². The Morgan fingerprint density at radius 2 is 2.13 bits per heavy atom. The Labute approximate surface area is 91.9 Å². The highest BCUT2D eigenvalue weighted by Gasteiger charge is 2.15. The number of hydrogen-bond acceptors (Lipinski definition) is 5. The lowest BCUT2D eigenvalue weighted by molar-refractivity contribution is -0.120. The van der Waals surface area contributed by atoms with Gasteiger partial charge in [0.15, 0.2) is 0 Å². The molecule has 0 aliphatic carbocycles. The first kappa shape index (κ1) is 13.8. The molecule has 3 N–H and O–H groups in total. The van der Waals surface area contributed by atoms with Crippen LogP contribution in [0.4, 0.5) is 4.79 Å². The van der Waals surface area contributed by atoms with Gasteiger partial charge in [0.25, 0.3) is 0 Å². The van der Waals surface area contributed by atoms with Crippen LogP contribution >= 0.6 is 11.6 Å². The van der Waals surface area contributed by atoms with Crippen LogP contribution in [-0.2, 0) is 4.79 Å². The third-order valence-corrected chi connectivity index (χ3v) is 1.65. The predicted octanol–water partition coefficient (Wildman–Crippen LogP) is 0.184. The largest absolute Gasteiger partial charge is 0.347 e. The Morgan fingerprint density at radius 3 is 2.60 bits per heavy atom. The molecule has 0 rings (SSSR count). The highest BCUT2D eigenvalue weighted by molar-refractivity contribution is 6.18. The van der Waals surface area contributed by atoms with Crippen molar-refractivity contribution < 1.29 is 9.59 Å². The number of amides is 3. The summed E-state index contributed by atoms with van der Waals surface area (Å²) in [4.78, 5) is 32.4. The van der Waals surface area contributed by atoms with Gasteiger partial charge in [0.2, 0.25) is 5.91 Å². The molecule has 0 bridgehead atoms. The number of carbonyl (C=O) groups excluding carboxylic acids is 2. The Morgan fingerprint density at radius 1 is 1.47 bits per heavy atom. The zero-order valence-electron chi connectivity index (χ0n) is 8.11. The average molecular weight is 237 g/mol. The van der Waals surface area contributed by atoms with Crippen LogP contribution in [0, 0.1) is 4.91 Å². The SMILES string of the molecule is NCCCC(=O)NC(=O)N(CCCl)N=O. The quantitative estimate of drug-likeness (QED) is 0.390. The van der Waals surface area contributed by atoms with Crippen LogP contribution in [0.1, 0.15) is 12.8 Å². The van der Waals surface area contributed by atoms with E-state index >= 15 is 0 Å². The number of halogens is 1. The van der Waals surface area contributed by atoms with Crippen LogP contribution in [-0.4, -0.2) is 35.9 Å². The van der Waals surface area contributed by atoms with E-state index < -0.39 is 11.9 Å². The van der Waals surface area contributed by atoms with Gasteiger partial charge in [-0.15, -0.1) is 16.5 Å². The first-order valence-electron chi connectivity index (χ1n) is 4.36. The van der Waals surface area contributed by atoms with Gasteiger partial charge in [-0.2, -0.15) is 5.01 Å². The van der Waals surface area contributed by atoms with E-state index in [1.807, 2.05) is 5.32 Å². The molecule has 86 valence electrons. The number of nitrogens with zero attached hydrogens (tertiary/aromatic N) is 2. The monoisotopic (exact) mass is 236 g/mol. The summed E-state index contributed by atoms with van der Waals surface area (Å²) in [6, 6.07) is -0.868. The van der Waals surface area contributed by atoms with Crippen molar-refractivity contribution in [3.05, 3.63) is 4.91 Å². The summed E-state index contributed by atoms with van der Waals surface area (Å²) in [5.41, 5.74) is 5.18. The third-order valence-electron chi connectivity index (χ3n) is 1.48. The topological polar surface area (TPSA) is 105 Å². The van der Waals surface area contributed by atoms with Crippen molar-refractivity contribution in [2.75, 3.05) is 19.0 Å². The van der Waals surface area contributed by atoms with E-state index in [9.17, 15) is 14.5 Å². The van der Waals surface area contributed by atoms with Crippen LogP contribution in [0.2, 0.25) is 0 Å². The second kappa shape index (κ2) is 8.13. The molecule has 0 heterocycles. The van der Waals surface area contributed by atoms with Crippen molar-refractivity contribution in [3.63, 3.8) is 0 Å². The molecule has 0 aromatic heterocycles. The van der Waals surface area contributed by atoms with E-state index in [4.69, 9.17) is 17.3 Å². The maximum absolute atomic E-state index is 11.1. The summed E-state index contributed by atoms with van der Waals surface area (Å²) in [5, 5.41) is 4.96. The molecule has 7 nitrogen and oxygen atoms in total. The minimum Gasteiger partial charge on any atom is -0.330 e. The van der Waals surface area contributed by atoms with Crippen LogP contribution < -0.4 is 11.1 Å². The van der Waals surface area contributed by atoms with Gasteiger partial charge in [0.1, 0.15) is 0 Å². The molecular weight excluding hydrogens is 224 g/mol. The van der Waals surface area contributed by atoms with Gasteiger partial charge in [-0.3, -0.25) is 10.1 Å². The third kappa shape index (κ3) is 5.97. The molecule has 0 saturated heterocycles. The molecule has 0 fully saturated rings. The fourth-order valence-corrected chi connectivity index (χ4v) is 0.929. The van der Waals surface area contributed by atoms with Crippen molar-refractivity contribution in [2.24, 2.45) is 11.0 Å². The maximum Gasteiger partial charge on any atom is 0.347 e. The molecule has 0 saturated carbocycles. The maximum atomic E-state index is 11.1. The number of hydrogen-bond donors (Lipinski definition) is 2. The van der Waals surface area contributed by atoms with Gasteiger partial charge < -0.3 is 5.73 Å². The molecule has 0 unspecified atom stereocenters. The van der Waals surface area contributed by atoms with Gasteiger partial charge in [-0.25, -0.2) is 4.79 Å². The Kier molecular flexibility index (Phi) is 7.47. The lowest BCUT2D eigenvalue weighted by atomic mass is 10.3. The van der Waals surface area contributed by atoms with Crippen LogP contribution in [0.25, 0.3) is 0 Å². The van der Waals surface area contributed by atoms with Crippen LogP contribution in [0.15, 0.2) is 5.29 Å². The molecule has 8 heteroatoms. The highest BCUT2D eigenvalue weighted by atomic mass is 35.5. The molecule has 0 aliphatic heterocycles. The number of urea groups is 1. The number of nitrogens with one attached hydrogen (secondary N) is 1. The molecule has 3 amide bonds. The number of nitrogens with two attached hydrogens (primary N) is 1. The van der Waals surface area contributed by atoms with Gasteiger partial charge in [0.05, 0.1) is 11.8 Å². The van der Waals surface area contributed by atoms with Crippen LogP contribution in [0.3, 0.4) is 0 Å². The van der Waals surface area contributed by atoms with E-state index in [2.05, 4.69) is 5.29 Å². The molecule has 0 aromatic rings. The zero-order valence-corrected chi connectivity index (χ0v) is 8.87. The van der Waals surface area contributed by atoms with Crippen molar-refractivity contribution >= 4 is 23.5 Å². The lowest BCUT2D eigenvalue weighted by Crippen LogP contribution is -2.40. The molecule has 0 atom stereocenters. The normalized spacial score (nSPS) is 9.47. The smallest absolute Gasteiger partial charge is 0.330 e. The molecule has 0 aliphatic rings. The predicted molar refractivity (Wildman–Crippen MR) is 55.0 cm³/mol. The average Bonchev–Trinajstić information content (AvgIpc) is 2.22. The Hall–Kier alpha value is -1.21. The van der Waals surface area contributed by atoms with E-state index in [1.165, 1.54) is 0 Å². The summed E-state index contributed by atoms with van der Waals surface area (Å²) < 4.78 is 0. The molecular formula is C7H13ClN4O3. The number of carbonyl (C=O) groups is 2. The van der Waals surface area contributed by atoms with Crippen molar-refractivity contribution in [1.82, 2.24) is 10.3 Å².